The molecule has 1 heterocycles. The Morgan fingerprint density at radius 2 is 0.656 bits per heavy atom. The van der Waals surface area contributed by atoms with E-state index in [-0.39, 0.29) is 0 Å². The van der Waals surface area contributed by atoms with E-state index in [0.717, 1.165) is 38.9 Å². The van der Waals surface area contributed by atoms with Crippen molar-refractivity contribution in [3.8, 4) is 78.7 Å². The molecule has 0 aliphatic heterocycles. The largest absolute Gasteiger partial charge is 0.208 e. The molecular formula is C58H39N3. The second-order valence-corrected chi connectivity index (χ2v) is 15.5. The Hall–Kier alpha value is -8.01. The van der Waals surface area contributed by atoms with Crippen molar-refractivity contribution in [3.63, 3.8) is 0 Å². The van der Waals surface area contributed by atoms with Gasteiger partial charge in [-0.3, -0.25) is 0 Å². The molecule has 0 amide bonds. The highest BCUT2D eigenvalue weighted by molar-refractivity contribution is 5.99. The molecule has 9 aromatic carbocycles. The minimum absolute atomic E-state index is 0.494. The monoisotopic (exact) mass is 777 g/mol. The minimum atomic E-state index is -0.494. The van der Waals surface area contributed by atoms with Crippen LogP contribution in [0.4, 0.5) is 0 Å². The van der Waals surface area contributed by atoms with Crippen molar-refractivity contribution >= 4 is 0 Å². The van der Waals surface area contributed by atoms with Gasteiger partial charge in [-0.2, -0.15) is 0 Å². The lowest BCUT2D eigenvalue weighted by atomic mass is 9.67. The smallest absolute Gasteiger partial charge is 0.164 e. The van der Waals surface area contributed by atoms with Gasteiger partial charge in [-0.05, 0) is 72.8 Å². The van der Waals surface area contributed by atoms with Crippen molar-refractivity contribution in [2.24, 2.45) is 0 Å². The summed E-state index contributed by atoms with van der Waals surface area (Å²) in [7, 11) is 0. The molecule has 1 aliphatic carbocycles. The maximum absolute atomic E-state index is 5.19. The molecule has 3 nitrogen and oxygen atoms in total. The van der Waals surface area contributed by atoms with E-state index >= 15 is 0 Å². The quantitative estimate of drug-likeness (QED) is 0.154. The van der Waals surface area contributed by atoms with Gasteiger partial charge in [0.05, 0.1) is 5.41 Å². The molecule has 1 aromatic heterocycles. The lowest BCUT2D eigenvalue weighted by Gasteiger charge is -2.34. The summed E-state index contributed by atoms with van der Waals surface area (Å²) in [6, 6.07) is 84.3. The Morgan fingerprint density at radius 3 is 1.26 bits per heavy atom. The van der Waals surface area contributed by atoms with Crippen molar-refractivity contribution in [1.82, 2.24) is 15.0 Å². The molecule has 10 aromatic rings. The Morgan fingerprint density at radius 1 is 0.246 bits per heavy atom. The summed E-state index contributed by atoms with van der Waals surface area (Å²) in [6.07, 6.45) is 0. The third-order valence-corrected chi connectivity index (χ3v) is 12.1. The summed E-state index contributed by atoms with van der Waals surface area (Å²) in [6.45, 7) is 0. The van der Waals surface area contributed by atoms with Crippen molar-refractivity contribution in [2.45, 2.75) is 5.41 Å². The van der Waals surface area contributed by atoms with Crippen molar-refractivity contribution in [2.75, 3.05) is 0 Å². The first-order valence-electron chi connectivity index (χ1n) is 20.8. The van der Waals surface area contributed by atoms with Crippen molar-refractivity contribution < 1.29 is 0 Å². The fourth-order valence-corrected chi connectivity index (χ4v) is 9.29. The fraction of sp³-hybridized carbons (Fsp3) is 0.0172. The van der Waals surface area contributed by atoms with Gasteiger partial charge in [0.25, 0.3) is 0 Å². The predicted octanol–water partition coefficient (Wildman–Crippen LogP) is 14.2. The zero-order valence-electron chi connectivity index (χ0n) is 33.4. The van der Waals surface area contributed by atoms with E-state index < -0.39 is 5.41 Å². The molecule has 0 spiro atoms. The van der Waals surface area contributed by atoms with E-state index in [2.05, 4.69) is 212 Å². The standard InChI is InChI=1S/C58H39N3/c1-6-19-40(20-7-1)41-33-35-44(36-34-41)56-59-55(43-23-10-3-11-24-43)60-57(61-56)45-37-38-48(51(39-45)42-21-8-2-9-22-42)49-30-18-32-53-54(49)50-29-16-17-31-52(50)58(53,46-25-12-4-13-26-46)47-27-14-5-15-28-47/h1-39H. The maximum atomic E-state index is 5.19. The number of rotatable bonds is 8. The van der Waals surface area contributed by atoms with E-state index in [0.29, 0.717) is 17.5 Å². The highest BCUT2D eigenvalue weighted by Crippen LogP contribution is 2.58. The Labute approximate surface area is 356 Å². The van der Waals surface area contributed by atoms with Crippen LogP contribution in [0.1, 0.15) is 22.3 Å². The molecule has 286 valence electrons. The summed E-state index contributed by atoms with van der Waals surface area (Å²) in [5.74, 6) is 1.88. The normalized spacial score (nSPS) is 12.4. The first kappa shape index (κ1) is 36.1. The molecule has 0 saturated heterocycles. The third-order valence-electron chi connectivity index (χ3n) is 12.1. The number of benzene rings is 9. The summed E-state index contributed by atoms with van der Waals surface area (Å²) >= 11 is 0. The molecule has 0 radical (unpaired) electrons. The zero-order valence-corrected chi connectivity index (χ0v) is 33.4. The van der Waals surface area contributed by atoms with Gasteiger partial charge >= 0.3 is 0 Å². The topological polar surface area (TPSA) is 38.7 Å². The van der Waals surface area contributed by atoms with Gasteiger partial charge in [0.2, 0.25) is 0 Å². The van der Waals surface area contributed by atoms with E-state index in [4.69, 9.17) is 15.0 Å². The van der Waals surface area contributed by atoms with E-state index in [1.54, 1.807) is 0 Å². The molecule has 61 heavy (non-hydrogen) atoms. The molecule has 11 rings (SSSR count). The van der Waals surface area contributed by atoms with Crippen LogP contribution in [0.2, 0.25) is 0 Å². The number of hydrogen-bond acceptors (Lipinski definition) is 3. The van der Waals surface area contributed by atoms with E-state index in [1.165, 1.54) is 44.5 Å². The molecule has 3 heteroatoms. The lowest BCUT2D eigenvalue weighted by Crippen LogP contribution is -2.28. The van der Waals surface area contributed by atoms with Gasteiger partial charge in [-0.1, -0.05) is 231 Å². The highest BCUT2D eigenvalue weighted by Gasteiger charge is 2.46. The first-order chi connectivity index (χ1) is 30.3. The van der Waals surface area contributed by atoms with Gasteiger partial charge in [-0.15, -0.1) is 0 Å². The van der Waals surface area contributed by atoms with Gasteiger partial charge in [0, 0.05) is 16.7 Å². The van der Waals surface area contributed by atoms with Gasteiger partial charge in [0.15, 0.2) is 17.5 Å². The summed E-state index contributed by atoms with van der Waals surface area (Å²) < 4.78 is 0. The highest BCUT2D eigenvalue weighted by atomic mass is 15.0. The minimum Gasteiger partial charge on any atom is -0.208 e. The fourth-order valence-electron chi connectivity index (χ4n) is 9.29. The first-order valence-corrected chi connectivity index (χ1v) is 20.8. The third kappa shape index (κ3) is 6.27. The van der Waals surface area contributed by atoms with Crippen molar-refractivity contribution in [1.29, 1.82) is 0 Å². The summed E-state index contributed by atoms with van der Waals surface area (Å²) in [5.41, 5.74) is 16.7. The Balaban J connectivity index is 1.11. The molecule has 0 unspecified atom stereocenters. The second kappa shape index (κ2) is 15.3. The number of hydrogen-bond donors (Lipinski definition) is 0. The van der Waals surface area contributed by atoms with E-state index in [1.807, 2.05) is 24.3 Å². The number of nitrogens with zero attached hydrogens (tertiary/aromatic N) is 3. The second-order valence-electron chi connectivity index (χ2n) is 15.5. The Kier molecular flexibility index (Phi) is 9.05. The van der Waals surface area contributed by atoms with Crippen LogP contribution < -0.4 is 0 Å². The van der Waals surface area contributed by atoms with Crippen LogP contribution in [0.3, 0.4) is 0 Å². The number of aromatic nitrogens is 3. The van der Waals surface area contributed by atoms with Crippen LogP contribution in [0.5, 0.6) is 0 Å². The van der Waals surface area contributed by atoms with Gasteiger partial charge in [0.1, 0.15) is 0 Å². The Bertz CT molecular complexity index is 3110. The van der Waals surface area contributed by atoms with Crippen LogP contribution in [0.15, 0.2) is 237 Å². The average Bonchev–Trinajstić information content (AvgIpc) is 3.66. The molecule has 0 fully saturated rings. The molecule has 0 atom stereocenters. The zero-order chi connectivity index (χ0) is 40.6. The van der Waals surface area contributed by atoms with E-state index in [9.17, 15) is 0 Å². The van der Waals surface area contributed by atoms with Crippen LogP contribution >= 0.6 is 0 Å². The number of fused-ring (bicyclic) bond motifs is 3. The van der Waals surface area contributed by atoms with Crippen LogP contribution in [0, 0.1) is 0 Å². The molecular weight excluding hydrogens is 739 g/mol. The lowest BCUT2D eigenvalue weighted by molar-refractivity contribution is 0.768. The molecule has 0 bridgehead atoms. The van der Waals surface area contributed by atoms with Crippen LogP contribution in [0.25, 0.3) is 78.7 Å². The predicted molar refractivity (Wildman–Crippen MR) is 250 cm³/mol. The maximum Gasteiger partial charge on any atom is 0.164 e. The van der Waals surface area contributed by atoms with Crippen molar-refractivity contribution in [3.05, 3.63) is 259 Å². The van der Waals surface area contributed by atoms with Crippen LogP contribution in [-0.4, -0.2) is 15.0 Å². The van der Waals surface area contributed by atoms with Gasteiger partial charge < -0.3 is 0 Å². The SMILES string of the molecule is c1ccc(-c2ccc(-c3nc(-c4ccccc4)nc(-c4ccc(-c5cccc6c5-c5ccccc5C6(c5ccccc5)c5ccccc5)c(-c5ccccc5)c4)n3)cc2)cc1. The van der Waals surface area contributed by atoms with Crippen LogP contribution in [-0.2, 0) is 5.41 Å². The molecule has 0 saturated carbocycles. The average molecular weight is 778 g/mol. The molecule has 1 aliphatic rings. The molecule has 0 N–H and O–H groups in total. The summed E-state index contributed by atoms with van der Waals surface area (Å²) in [4.78, 5) is 15.4. The summed E-state index contributed by atoms with van der Waals surface area (Å²) in [5, 5.41) is 0. The van der Waals surface area contributed by atoms with Gasteiger partial charge in [-0.25, -0.2) is 15.0 Å².